The third kappa shape index (κ3) is 4.90. The molecule has 8 heteroatoms. The van der Waals surface area contributed by atoms with Crippen LogP contribution in [0, 0.1) is 18.6 Å². The quantitative estimate of drug-likeness (QED) is 0.792. The second-order valence-corrected chi connectivity index (χ2v) is 7.86. The van der Waals surface area contributed by atoms with Crippen molar-refractivity contribution >= 4 is 23.2 Å². The number of nitrogens with zero attached hydrogens (tertiary/aromatic N) is 1. The van der Waals surface area contributed by atoms with Crippen LogP contribution in [0.15, 0.2) is 30.3 Å². The van der Waals surface area contributed by atoms with E-state index in [4.69, 9.17) is 0 Å². The van der Waals surface area contributed by atoms with E-state index in [-0.39, 0.29) is 30.3 Å². The second-order valence-electron chi connectivity index (χ2n) is 6.48. The Bertz CT molecular complexity index is 840. The minimum atomic E-state index is -0.922. The number of hydrogen-bond acceptors (Lipinski definition) is 4. The molecule has 3 rings (SSSR count). The average molecular weight is 393 g/mol. The number of halogens is 2. The van der Waals surface area contributed by atoms with Crippen molar-refractivity contribution in [1.29, 1.82) is 0 Å². The van der Waals surface area contributed by atoms with Crippen LogP contribution in [0.5, 0.6) is 0 Å². The Morgan fingerprint density at radius 2 is 2.15 bits per heavy atom. The Hall–Kier alpha value is -2.32. The van der Waals surface area contributed by atoms with Gasteiger partial charge in [0.25, 0.3) is 0 Å². The smallest absolute Gasteiger partial charge is 0.237 e. The van der Waals surface area contributed by atoms with Gasteiger partial charge in [0.05, 0.1) is 19.0 Å². The van der Waals surface area contributed by atoms with Gasteiger partial charge in [-0.25, -0.2) is 8.78 Å². The average Bonchev–Trinajstić information content (AvgIpc) is 3.05. The van der Waals surface area contributed by atoms with Crippen LogP contribution in [-0.2, 0) is 22.7 Å². The molecule has 1 aromatic heterocycles. The topological polar surface area (TPSA) is 61.4 Å². The number of rotatable bonds is 6. The number of piperazine rings is 1. The Morgan fingerprint density at radius 1 is 1.33 bits per heavy atom. The Labute approximate surface area is 160 Å². The molecule has 0 spiro atoms. The van der Waals surface area contributed by atoms with Crippen molar-refractivity contribution in [3.8, 4) is 0 Å². The summed E-state index contributed by atoms with van der Waals surface area (Å²) in [4.78, 5) is 28.5. The van der Waals surface area contributed by atoms with Gasteiger partial charge < -0.3 is 10.6 Å². The van der Waals surface area contributed by atoms with E-state index < -0.39 is 17.7 Å². The van der Waals surface area contributed by atoms with E-state index in [1.807, 2.05) is 19.1 Å². The Balaban J connectivity index is 1.64. The van der Waals surface area contributed by atoms with E-state index in [0.717, 1.165) is 15.8 Å². The third-order valence-corrected chi connectivity index (χ3v) is 5.48. The molecule has 2 N–H and O–H groups in total. The number of hydrogen-bond donors (Lipinski definition) is 2. The van der Waals surface area contributed by atoms with E-state index in [1.165, 1.54) is 12.1 Å². The minimum absolute atomic E-state index is 0.0346. The highest BCUT2D eigenvalue weighted by Gasteiger charge is 2.32. The summed E-state index contributed by atoms with van der Waals surface area (Å²) in [5.74, 6) is -2.37. The van der Waals surface area contributed by atoms with E-state index in [2.05, 4.69) is 10.6 Å². The molecule has 1 saturated heterocycles. The van der Waals surface area contributed by atoms with Gasteiger partial charge in [0.15, 0.2) is 11.6 Å². The lowest BCUT2D eigenvalue weighted by molar-refractivity contribution is -0.134. The molecule has 1 atom stereocenters. The third-order valence-electron chi connectivity index (χ3n) is 4.48. The monoisotopic (exact) mass is 393 g/mol. The first kappa shape index (κ1) is 19.4. The highest BCUT2D eigenvalue weighted by molar-refractivity contribution is 7.11. The van der Waals surface area contributed by atoms with Gasteiger partial charge in [-0.3, -0.25) is 14.5 Å². The molecule has 2 amide bonds. The van der Waals surface area contributed by atoms with Crippen molar-refractivity contribution in [2.45, 2.75) is 32.5 Å². The van der Waals surface area contributed by atoms with Gasteiger partial charge in [0.2, 0.25) is 11.8 Å². The van der Waals surface area contributed by atoms with E-state index in [9.17, 15) is 18.4 Å². The molecule has 0 aliphatic carbocycles. The van der Waals surface area contributed by atoms with Crippen LogP contribution in [0.1, 0.15) is 21.7 Å². The zero-order valence-corrected chi connectivity index (χ0v) is 15.7. The van der Waals surface area contributed by atoms with Crippen LogP contribution in [0.3, 0.4) is 0 Å². The Kier molecular flexibility index (Phi) is 6.18. The first-order valence-corrected chi connectivity index (χ1v) is 9.52. The number of thiophene rings is 1. The maximum atomic E-state index is 14.0. The molecule has 1 aliphatic rings. The summed E-state index contributed by atoms with van der Waals surface area (Å²) >= 11 is 1.60. The first-order chi connectivity index (χ1) is 12.9. The number of nitrogens with one attached hydrogen (secondary N) is 2. The van der Waals surface area contributed by atoms with Gasteiger partial charge in [-0.15, -0.1) is 11.3 Å². The van der Waals surface area contributed by atoms with Gasteiger partial charge in [-0.05, 0) is 25.1 Å². The summed E-state index contributed by atoms with van der Waals surface area (Å²) in [6.07, 6.45) is -0.0346. The van der Waals surface area contributed by atoms with Crippen molar-refractivity contribution in [2.75, 3.05) is 13.1 Å². The maximum absolute atomic E-state index is 14.0. The number of aryl methyl sites for hydroxylation is 1. The molecule has 2 aromatic rings. The summed E-state index contributed by atoms with van der Waals surface area (Å²) < 4.78 is 27.4. The standard InChI is InChI=1S/C19H21F2N3O2S/c1-12-5-6-14(27-12)10-23-17(25)9-16-19(26)22-7-8-24(16)11-13-3-2-4-15(20)18(13)21/h2-6,16H,7-11H2,1H3,(H,22,26)(H,23,25). The molecule has 1 fully saturated rings. The lowest BCUT2D eigenvalue weighted by Gasteiger charge is -2.34. The summed E-state index contributed by atoms with van der Waals surface area (Å²) in [6, 6.07) is 7.19. The molecule has 1 aliphatic heterocycles. The minimum Gasteiger partial charge on any atom is -0.353 e. The van der Waals surface area contributed by atoms with E-state index in [0.29, 0.717) is 19.6 Å². The molecular formula is C19H21F2N3O2S. The van der Waals surface area contributed by atoms with Crippen molar-refractivity contribution in [1.82, 2.24) is 15.5 Å². The molecule has 0 bridgehead atoms. The number of amides is 2. The summed E-state index contributed by atoms with van der Waals surface area (Å²) in [7, 11) is 0. The molecule has 0 radical (unpaired) electrons. The first-order valence-electron chi connectivity index (χ1n) is 8.70. The van der Waals surface area contributed by atoms with Crippen molar-refractivity contribution in [3.63, 3.8) is 0 Å². The van der Waals surface area contributed by atoms with Crippen LogP contribution in [-0.4, -0.2) is 35.8 Å². The number of carbonyl (C=O) groups is 2. The van der Waals surface area contributed by atoms with E-state index in [1.54, 1.807) is 16.2 Å². The fourth-order valence-electron chi connectivity index (χ4n) is 3.08. The molecule has 1 aromatic carbocycles. The molecule has 5 nitrogen and oxygen atoms in total. The summed E-state index contributed by atoms with van der Waals surface area (Å²) in [6.45, 7) is 3.33. The lowest BCUT2D eigenvalue weighted by atomic mass is 10.1. The molecule has 27 heavy (non-hydrogen) atoms. The number of benzene rings is 1. The Morgan fingerprint density at radius 3 is 2.89 bits per heavy atom. The molecule has 144 valence electrons. The van der Waals surface area contributed by atoms with Gasteiger partial charge in [-0.2, -0.15) is 0 Å². The fraction of sp³-hybridized carbons (Fsp3) is 0.368. The molecule has 1 unspecified atom stereocenters. The van der Waals surface area contributed by atoms with Gasteiger partial charge >= 0.3 is 0 Å². The van der Waals surface area contributed by atoms with Crippen LogP contribution in [0.25, 0.3) is 0 Å². The van der Waals surface area contributed by atoms with Crippen molar-refractivity contribution in [3.05, 3.63) is 57.3 Å². The van der Waals surface area contributed by atoms with Crippen molar-refractivity contribution < 1.29 is 18.4 Å². The zero-order valence-electron chi connectivity index (χ0n) is 14.9. The highest BCUT2D eigenvalue weighted by Crippen LogP contribution is 2.18. The fourth-order valence-corrected chi connectivity index (χ4v) is 3.91. The summed E-state index contributed by atoms with van der Waals surface area (Å²) in [5.41, 5.74) is 0.171. The maximum Gasteiger partial charge on any atom is 0.237 e. The van der Waals surface area contributed by atoms with Crippen LogP contribution in [0.4, 0.5) is 8.78 Å². The van der Waals surface area contributed by atoms with Crippen LogP contribution < -0.4 is 10.6 Å². The van der Waals surface area contributed by atoms with Crippen molar-refractivity contribution in [2.24, 2.45) is 0 Å². The summed E-state index contributed by atoms with van der Waals surface area (Å²) in [5, 5.41) is 5.55. The lowest BCUT2D eigenvalue weighted by Crippen LogP contribution is -2.56. The largest absolute Gasteiger partial charge is 0.353 e. The number of carbonyl (C=O) groups excluding carboxylic acids is 2. The second kappa shape index (κ2) is 8.58. The predicted molar refractivity (Wildman–Crippen MR) is 99.1 cm³/mol. The highest BCUT2D eigenvalue weighted by atomic mass is 32.1. The molecular weight excluding hydrogens is 372 g/mol. The van der Waals surface area contributed by atoms with Gasteiger partial charge in [-0.1, -0.05) is 12.1 Å². The zero-order chi connectivity index (χ0) is 19.4. The molecule has 0 saturated carbocycles. The predicted octanol–water partition coefficient (Wildman–Crippen LogP) is 2.34. The van der Waals surface area contributed by atoms with Gasteiger partial charge in [0.1, 0.15) is 0 Å². The van der Waals surface area contributed by atoms with E-state index >= 15 is 0 Å². The van der Waals surface area contributed by atoms with Crippen LogP contribution >= 0.6 is 11.3 Å². The normalized spacial score (nSPS) is 17.6. The van der Waals surface area contributed by atoms with Crippen LogP contribution in [0.2, 0.25) is 0 Å². The molecule has 2 heterocycles. The SMILES string of the molecule is Cc1ccc(CNC(=O)CC2C(=O)NCCN2Cc2cccc(F)c2F)s1. The van der Waals surface area contributed by atoms with Gasteiger partial charge in [0, 0.05) is 35.0 Å².